The summed E-state index contributed by atoms with van der Waals surface area (Å²) in [6.07, 6.45) is 0.794. The van der Waals surface area contributed by atoms with Crippen molar-refractivity contribution in [2.24, 2.45) is 11.7 Å². The third-order valence-corrected chi connectivity index (χ3v) is 5.24. The number of hydrogen-bond donors (Lipinski definition) is 5. The minimum Gasteiger partial charge on any atom is -0.480 e. The van der Waals surface area contributed by atoms with Crippen molar-refractivity contribution in [3.05, 3.63) is 48.0 Å². The van der Waals surface area contributed by atoms with Gasteiger partial charge in [0.15, 0.2) is 0 Å². The second kappa shape index (κ2) is 16.5. The van der Waals surface area contributed by atoms with Crippen LogP contribution in [0.5, 0.6) is 0 Å². The Kier molecular flexibility index (Phi) is 14.2. The third kappa shape index (κ3) is 11.1. The third-order valence-electron chi connectivity index (χ3n) is 5.24. The molecule has 11 heteroatoms. The number of ether oxygens (including phenoxy) is 1. The molecule has 2 atom stereocenters. The second-order valence-electron chi connectivity index (χ2n) is 8.61. The van der Waals surface area contributed by atoms with E-state index < -0.39 is 24.0 Å². The summed E-state index contributed by atoms with van der Waals surface area (Å²) in [6.45, 7) is 7.37. The van der Waals surface area contributed by atoms with Gasteiger partial charge in [-0.15, -0.1) is 0 Å². The number of amides is 2. The lowest BCUT2D eigenvalue weighted by Gasteiger charge is -2.28. The minimum absolute atomic E-state index is 0.243. The molecule has 1 heterocycles. The zero-order valence-electron chi connectivity index (χ0n) is 21.1. The van der Waals surface area contributed by atoms with Crippen LogP contribution in [-0.2, 0) is 20.7 Å². The van der Waals surface area contributed by atoms with Gasteiger partial charge in [0.25, 0.3) is 7.48 Å². The molecule has 36 heavy (non-hydrogen) atoms. The number of nitrogens with one attached hydrogen (secondary N) is 1. The van der Waals surface area contributed by atoms with Crippen molar-refractivity contribution in [1.82, 2.24) is 10.2 Å². The summed E-state index contributed by atoms with van der Waals surface area (Å²) < 4.78 is 5.21. The first kappa shape index (κ1) is 30.9. The molecule has 1 radical (unpaired) electrons. The molecular weight excluding hydrogens is 465 g/mol. The number of benzene rings is 2. The molecule has 197 valence electrons. The summed E-state index contributed by atoms with van der Waals surface area (Å²) in [5.41, 5.74) is 6.12. The zero-order chi connectivity index (χ0) is 27.1. The normalized spacial score (nSPS) is 14.4. The van der Waals surface area contributed by atoms with Gasteiger partial charge in [0.2, 0.25) is 0 Å². The number of carboxylic acids is 2. The summed E-state index contributed by atoms with van der Waals surface area (Å²) in [4.78, 5) is 35.6. The van der Waals surface area contributed by atoms with Gasteiger partial charge in [-0.05, 0) is 28.7 Å². The van der Waals surface area contributed by atoms with Crippen LogP contribution >= 0.6 is 0 Å². The van der Waals surface area contributed by atoms with Crippen LogP contribution in [0.25, 0.3) is 10.8 Å². The first-order chi connectivity index (χ1) is 17.1. The average Bonchev–Trinajstić information content (AvgIpc) is 2.84. The Balaban J connectivity index is 0.000000454. The SMILES string of the molecule is CC(C)C[C@H](N)C(=O)O.C[B]O.O=C(O)[C@H](Cc1cccc2ccccc12)NC(=O)N1CCOCC1. The number of nitrogens with zero attached hydrogens (tertiary/aromatic N) is 1. The number of carbonyl (C=O) groups excluding carboxylic acids is 1. The summed E-state index contributed by atoms with van der Waals surface area (Å²) in [6, 6.07) is 11.6. The van der Waals surface area contributed by atoms with Crippen LogP contribution in [0.3, 0.4) is 0 Å². The van der Waals surface area contributed by atoms with Gasteiger partial charge in [-0.2, -0.15) is 0 Å². The summed E-state index contributed by atoms with van der Waals surface area (Å²) >= 11 is 0. The minimum atomic E-state index is -1.04. The van der Waals surface area contributed by atoms with E-state index in [-0.39, 0.29) is 12.5 Å². The van der Waals surface area contributed by atoms with E-state index in [1.807, 2.05) is 56.3 Å². The Morgan fingerprint density at radius 1 is 1.06 bits per heavy atom. The van der Waals surface area contributed by atoms with Crippen molar-refractivity contribution in [3.8, 4) is 0 Å². The highest BCUT2D eigenvalue weighted by Crippen LogP contribution is 2.20. The van der Waals surface area contributed by atoms with Gasteiger partial charge < -0.3 is 35.9 Å². The highest BCUT2D eigenvalue weighted by Gasteiger charge is 2.25. The number of carboxylic acid groups (broad SMARTS) is 2. The number of morpholine rings is 1. The number of hydrogen-bond acceptors (Lipinski definition) is 6. The molecule has 3 rings (SSSR count). The van der Waals surface area contributed by atoms with Crippen LogP contribution in [0.2, 0.25) is 6.82 Å². The van der Waals surface area contributed by atoms with Gasteiger partial charge in [0.1, 0.15) is 12.1 Å². The molecule has 0 aliphatic carbocycles. The lowest BCUT2D eigenvalue weighted by Crippen LogP contribution is -2.51. The molecule has 1 fully saturated rings. The molecule has 2 amide bonds. The molecule has 0 spiro atoms. The van der Waals surface area contributed by atoms with Crippen LogP contribution in [-0.4, -0.2) is 84.0 Å². The zero-order valence-corrected chi connectivity index (χ0v) is 21.1. The smallest absolute Gasteiger partial charge is 0.326 e. The van der Waals surface area contributed by atoms with E-state index in [1.165, 1.54) is 0 Å². The number of aliphatic carboxylic acids is 2. The largest absolute Gasteiger partial charge is 0.480 e. The van der Waals surface area contributed by atoms with Crippen LogP contribution in [0.1, 0.15) is 25.8 Å². The van der Waals surface area contributed by atoms with Gasteiger partial charge in [0, 0.05) is 19.5 Å². The Hall–Kier alpha value is -3.15. The topological polar surface area (TPSA) is 162 Å². The van der Waals surface area contributed by atoms with Crippen molar-refractivity contribution in [1.29, 1.82) is 0 Å². The van der Waals surface area contributed by atoms with E-state index in [0.717, 1.165) is 23.8 Å². The molecular formula is C25H37BN3O7. The van der Waals surface area contributed by atoms with Crippen LogP contribution in [0.4, 0.5) is 4.79 Å². The molecule has 0 bridgehead atoms. The number of nitrogens with two attached hydrogens (primary N) is 1. The Morgan fingerprint density at radius 3 is 2.17 bits per heavy atom. The maximum absolute atomic E-state index is 12.3. The maximum Gasteiger partial charge on any atom is 0.326 e. The number of carbonyl (C=O) groups is 3. The molecule has 6 N–H and O–H groups in total. The molecule has 1 aliphatic heterocycles. The number of urea groups is 1. The van der Waals surface area contributed by atoms with Crippen molar-refractivity contribution in [3.63, 3.8) is 0 Å². The molecule has 2 aromatic rings. The van der Waals surface area contributed by atoms with Crippen molar-refractivity contribution < 1.29 is 34.4 Å². The van der Waals surface area contributed by atoms with Crippen LogP contribution in [0, 0.1) is 5.92 Å². The molecule has 1 saturated heterocycles. The predicted octanol–water partition coefficient (Wildman–Crippen LogP) is 1.97. The predicted molar refractivity (Wildman–Crippen MR) is 139 cm³/mol. The van der Waals surface area contributed by atoms with E-state index in [9.17, 15) is 19.5 Å². The van der Waals surface area contributed by atoms with Crippen LogP contribution < -0.4 is 11.1 Å². The molecule has 0 aromatic heterocycles. The lowest BCUT2D eigenvalue weighted by atomic mass is 9.99. The fourth-order valence-corrected chi connectivity index (χ4v) is 3.51. The molecule has 10 nitrogen and oxygen atoms in total. The van der Waals surface area contributed by atoms with E-state index >= 15 is 0 Å². The monoisotopic (exact) mass is 502 g/mol. The van der Waals surface area contributed by atoms with E-state index in [4.69, 9.17) is 20.6 Å². The summed E-state index contributed by atoms with van der Waals surface area (Å²) in [5, 5.41) is 29.9. The quantitative estimate of drug-likeness (QED) is 0.359. The first-order valence-electron chi connectivity index (χ1n) is 11.8. The van der Waals surface area contributed by atoms with Gasteiger partial charge in [0.05, 0.1) is 13.2 Å². The first-order valence-corrected chi connectivity index (χ1v) is 11.8. The van der Waals surface area contributed by atoms with Crippen molar-refractivity contribution >= 4 is 36.2 Å². The van der Waals surface area contributed by atoms with Crippen molar-refractivity contribution in [2.45, 2.75) is 45.6 Å². The summed E-state index contributed by atoms with van der Waals surface area (Å²) in [7, 11) is 1.00. The Labute approximate surface area is 212 Å². The molecule has 0 saturated carbocycles. The standard InChI is InChI=1S/C18H20N2O4.C6H13NO2.CH4BO/c21-17(22)16(19-18(23)20-8-10-24-11-9-20)12-14-6-3-5-13-4-1-2-7-15(13)14;1-4(2)3-5(7)6(8)9;1-2-3/h1-7,16H,8-12H2,(H,19,23)(H,21,22);4-5H,3,7H2,1-2H3,(H,8,9);3H,1H3/t16-;5-;/m00./s1. The second-order valence-corrected chi connectivity index (χ2v) is 8.61. The summed E-state index contributed by atoms with van der Waals surface area (Å²) in [5.74, 6) is -1.59. The molecule has 1 aliphatic rings. The highest BCUT2D eigenvalue weighted by atomic mass is 16.5. The van der Waals surface area contributed by atoms with E-state index in [2.05, 4.69) is 5.32 Å². The molecule has 0 unspecified atom stereocenters. The fraction of sp³-hybridized carbons (Fsp3) is 0.480. The Morgan fingerprint density at radius 2 is 1.64 bits per heavy atom. The van der Waals surface area contributed by atoms with Gasteiger partial charge >= 0.3 is 18.0 Å². The number of fused-ring (bicyclic) bond motifs is 1. The van der Waals surface area contributed by atoms with Gasteiger partial charge in [-0.1, -0.05) is 63.1 Å². The lowest BCUT2D eigenvalue weighted by molar-refractivity contribution is -0.140. The number of rotatable bonds is 7. The maximum atomic E-state index is 12.3. The highest BCUT2D eigenvalue weighted by molar-refractivity contribution is 6.22. The Bertz CT molecular complexity index is 962. The van der Waals surface area contributed by atoms with E-state index in [0.29, 0.717) is 38.6 Å². The van der Waals surface area contributed by atoms with E-state index in [1.54, 1.807) is 11.7 Å². The van der Waals surface area contributed by atoms with Gasteiger partial charge in [-0.25, -0.2) is 9.59 Å². The fourth-order valence-electron chi connectivity index (χ4n) is 3.51. The molecule has 2 aromatic carbocycles. The van der Waals surface area contributed by atoms with Crippen molar-refractivity contribution in [2.75, 3.05) is 26.3 Å². The van der Waals surface area contributed by atoms with Gasteiger partial charge in [-0.3, -0.25) is 4.79 Å². The average molecular weight is 502 g/mol. The van der Waals surface area contributed by atoms with Crippen LogP contribution in [0.15, 0.2) is 42.5 Å².